The molecule has 0 aromatic carbocycles. The van der Waals surface area contributed by atoms with Crippen LogP contribution in [0.5, 0.6) is 5.88 Å². The Morgan fingerprint density at radius 1 is 1.14 bits per heavy atom. The normalized spacial score (nSPS) is 11.5. The molecule has 0 saturated heterocycles. The van der Waals surface area contributed by atoms with Crippen molar-refractivity contribution in [3.8, 4) is 5.88 Å². The summed E-state index contributed by atoms with van der Waals surface area (Å²) in [7, 11) is 0. The van der Waals surface area contributed by atoms with Crippen molar-refractivity contribution >= 4 is 33.9 Å². The van der Waals surface area contributed by atoms with Gasteiger partial charge in [-0.25, -0.2) is 23.7 Å². The summed E-state index contributed by atoms with van der Waals surface area (Å²) in [5, 5.41) is 8.30. The maximum absolute atomic E-state index is 12.8. The van der Waals surface area contributed by atoms with Gasteiger partial charge in [0.05, 0.1) is 48.7 Å². The van der Waals surface area contributed by atoms with Crippen LogP contribution in [-0.4, -0.2) is 51.4 Å². The monoisotopic (exact) mass is 517 g/mol. The van der Waals surface area contributed by atoms with E-state index in [0.717, 1.165) is 17.7 Å². The molecule has 0 radical (unpaired) electrons. The summed E-state index contributed by atoms with van der Waals surface area (Å²) in [4.78, 5) is 23.9. The largest absolute Gasteiger partial charge is 0.478 e. The Hall–Kier alpha value is -3.46. The van der Waals surface area contributed by atoms with E-state index in [1.165, 1.54) is 12.3 Å². The van der Waals surface area contributed by atoms with E-state index in [1.54, 1.807) is 13.0 Å². The van der Waals surface area contributed by atoms with Gasteiger partial charge in [-0.15, -0.1) is 0 Å². The molecule has 0 saturated carbocycles. The smallest absolute Gasteiger partial charge is 0.434 e. The summed E-state index contributed by atoms with van der Waals surface area (Å²) in [6, 6.07) is 3.11. The molecule has 3 heterocycles. The number of nitrogens with zero attached hydrogens (tertiary/aromatic N) is 4. The molecule has 0 aliphatic rings. The minimum Gasteiger partial charge on any atom is -0.478 e. The molecule has 0 atom stereocenters. The number of amides is 1. The molecule has 0 spiro atoms. The van der Waals surface area contributed by atoms with Crippen LogP contribution < -0.4 is 20.7 Å². The van der Waals surface area contributed by atoms with Crippen molar-refractivity contribution in [3.63, 3.8) is 0 Å². The van der Waals surface area contributed by atoms with Gasteiger partial charge in [-0.1, -0.05) is 0 Å². The Balaban J connectivity index is 1.56. The number of ether oxygens (including phenoxy) is 1. The zero-order chi connectivity index (χ0) is 25.4. The van der Waals surface area contributed by atoms with Gasteiger partial charge in [-0.2, -0.15) is 17.5 Å². The summed E-state index contributed by atoms with van der Waals surface area (Å²) in [5.41, 5.74) is -0.173. The van der Waals surface area contributed by atoms with Crippen LogP contribution >= 0.6 is 11.5 Å². The van der Waals surface area contributed by atoms with Crippen molar-refractivity contribution in [2.75, 3.05) is 30.3 Å². The van der Waals surface area contributed by atoms with Crippen LogP contribution in [0.25, 0.3) is 0 Å². The van der Waals surface area contributed by atoms with Gasteiger partial charge in [0.25, 0.3) is 12.3 Å². The number of hydrogen-bond donors (Lipinski definition) is 3. The van der Waals surface area contributed by atoms with Crippen LogP contribution in [-0.2, 0) is 6.18 Å². The first-order chi connectivity index (χ1) is 16.6. The van der Waals surface area contributed by atoms with Gasteiger partial charge in [0.15, 0.2) is 5.69 Å². The number of halogens is 5. The maximum Gasteiger partial charge on any atom is 0.434 e. The molecule has 0 aliphatic carbocycles. The topological polar surface area (TPSA) is 114 Å². The second kappa shape index (κ2) is 11.8. The number of rotatable bonds is 11. The average Bonchev–Trinajstić information content (AvgIpc) is 3.16. The molecule has 15 heteroatoms. The molecule has 35 heavy (non-hydrogen) atoms. The number of carbonyl (C=O) groups excluding carboxylic acids is 1. The average molecular weight is 517 g/mol. The van der Waals surface area contributed by atoms with Crippen molar-refractivity contribution in [1.82, 2.24) is 24.6 Å². The van der Waals surface area contributed by atoms with Crippen molar-refractivity contribution in [2.24, 2.45) is 0 Å². The van der Waals surface area contributed by atoms with E-state index in [9.17, 15) is 26.7 Å². The lowest BCUT2D eigenvalue weighted by molar-refractivity contribution is -0.141. The molecular weight excluding hydrogens is 497 g/mol. The third kappa shape index (κ3) is 7.78. The minimum absolute atomic E-state index is 0.0169. The maximum atomic E-state index is 12.8. The number of alkyl halides is 5. The van der Waals surface area contributed by atoms with E-state index in [1.807, 2.05) is 0 Å². The van der Waals surface area contributed by atoms with Gasteiger partial charge >= 0.3 is 6.18 Å². The molecule has 3 aromatic rings. The summed E-state index contributed by atoms with van der Waals surface area (Å²) in [5.74, 6) is -0.198. The fraction of sp³-hybridized carbons (Fsp3) is 0.350. The highest BCUT2D eigenvalue weighted by molar-refractivity contribution is 7.10. The molecule has 3 N–H and O–H groups in total. The van der Waals surface area contributed by atoms with Gasteiger partial charge in [0, 0.05) is 6.07 Å². The lowest BCUT2D eigenvalue weighted by Gasteiger charge is -2.10. The number of hydrogen-bond acceptors (Lipinski definition) is 9. The third-order valence-electron chi connectivity index (χ3n) is 4.31. The highest BCUT2D eigenvalue weighted by Gasteiger charge is 2.32. The fourth-order valence-corrected chi connectivity index (χ4v) is 3.50. The van der Waals surface area contributed by atoms with Gasteiger partial charge < -0.3 is 20.7 Å². The van der Waals surface area contributed by atoms with E-state index in [4.69, 9.17) is 4.74 Å². The lowest BCUT2D eigenvalue weighted by Crippen LogP contribution is -2.23. The zero-order valence-electron chi connectivity index (χ0n) is 18.2. The lowest BCUT2D eigenvalue weighted by atomic mass is 10.2. The van der Waals surface area contributed by atoms with Gasteiger partial charge in [0.1, 0.15) is 10.8 Å². The van der Waals surface area contributed by atoms with Crippen LogP contribution in [0.15, 0.2) is 30.7 Å². The predicted octanol–water partition coefficient (Wildman–Crippen LogP) is 4.27. The number of carbonyl (C=O) groups is 1. The Bertz CT molecular complexity index is 1110. The number of aromatic nitrogens is 4. The number of aryl methyl sites for hydroxylation is 1. The second-order valence-corrected chi connectivity index (χ2v) is 7.79. The molecule has 0 bridgehead atoms. The van der Waals surface area contributed by atoms with Crippen molar-refractivity contribution in [1.29, 1.82) is 0 Å². The van der Waals surface area contributed by atoms with E-state index >= 15 is 0 Å². The van der Waals surface area contributed by atoms with Crippen molar-refractivity contribution in [3.05, 3.63) is 47.7 Å². The molecule has 9 nitrogen and oxygen atoms in total. The fourth-order valence-electron chi connectivity index (χ4n) is 2.70. The second-order valence-electron chi connectivity index (χ2n) is 7.02. The summed E-state index contributed by atoms with van der Waals surface area (Å²) in [6.07, 6.45) is -3.62. The zero-order valence-corrected chi connectivity index (χ0v) is 19.0. The van der Waals surface area contributed by atoms with E-state index in [0.29, 0.717) is 36.4 Å². The Kier molecular flexibility index (Phi) is 8.81. The molecule has 0 aliphatic heterocycles. The first-order valence-corrected chi connectivity index (χ1v) is 10.9. The van der Waals surface area contributed by atoms with Gasteiger partial charge in [-0.05, 0) is 37.5 Å². The highest BCUT2D eigenvalue weighted by atomic mass is 32.1. The summed E-state index contributed by atoms with van der Waals surface area (Å²) in [6.45, 7) is 1.89. The van der Waals surface area contributed by atoms with Gasteiger partial charge in [-0.3, -0.25) is 4.79 Å². The first kappa shape index (κ1) is 26.2. The van der Waals surface area contributed by atoms with Crippen LogP contribution in [0.2, 0.25) is 0 Å². The molecule has 0 unspecified atom stereocenters. The van der Waals surface area contributed by atoms with E-state index < -0.39 is 24.2 Å². The van der Waals surface area contributed by atoms with Crippen LogP contribution in [0.4, 0.5) is 38.5 Å². The minimum atomic E-state index is -4.61. The predicted molar refractivity (Wildman–Crippen MR) is 118 cm³/mol. The summed E-state index contributed by atoms with van der Waals surface area (Å²) < 4.78 is 71.6. The number of anilines is 3. The Morgan fingerprint density at radius 3 is 2.57 bits per heavy atom. The van der Waals surface area contributed by atoms with Crippen molar-refractivity contribution in [2.45, 2.75) is 25.9 Å². The van der Waals surface area contributed by atoms with Crippen LogP contribution in [0.3, 0.4) is 0 Å². The quantitative estimate of drug-likeness (QED) is 0.255. The molecule has 3 rings (SSSR count). The number of nitrogens with one attached hydrogen (secondary N) is 3. The molecule has 3 aromatic heterocycles. The Morgan fingerprint density at radius 2 is 1.94 bits per heavy atom. The summed E-state index contributed by atoms with van der Waals surface area (Å²) >= 11 is 0.944. The number of pyridine rings is 1. The van der Waals surface area contributed by atoms with E-state index in [2.05, 4.69) is 35.3 Å². The Labute approximate surface area is 200 Å². The van der Waals surface area contributed by atoms with E-state index in [-0.39, 0.29) is 29.5 Å². The van der Waals surface area contributed by atoms with Crippen LogP contribution in [0, 0.1) is 6.92 Å². The SMILES string of the molecule is Cc1nsc(Nc2cnc(C(F)(F)F)cn2)c1C(=O)Nc1ccc(OCCCNCC(F)F)nc1. The third-order valence-corrected chi connectivity index (χ3v) is 5.17. The molecule has 1 amide bonds. The molecule has 188 valence electrons. The van der Waals surface area contributed by atoms with Crippen molar-refractivity contribution < 1.29 is 31.5 Å². The van der Waals surface area contributed by atoms with Gasteiger partial charge in [0.2, 0.25) is 5.88 Å². The molecular formula is C20H20F5N7O2S. The van der Waals surface area contributed by atoms with Crippen LogP contribution in [0.1, 0.15) is 28.2 Å². The first-order valence-electron chi connectivity index (χ1n) is 10.1. The highest BCUT2D eigenvalue weighted by Crippen LogP contribution is 2.30. The molecule has 0 fully saturated rings. The standard InChI is InChI=1S/C20H20F5N7O2S/c1-11-17(19(35-32-11)31-15-10-27-13(8-28-15)20(23,24)25)18(33)30-12-3-4-16(29-7-12)34-6-2-5-26-9-14(21)22/h3-4,7-8,10,14,26H,2,5-6,9H2,1H3,(H,28,31)(H,30,33).